The van der Waals surface area contributed by atoms with Gasteiger partial charge in [-0.3, -0.25) is 14.6 Å². The standard InChI is InChI=1S/C28H31Cl3F3N3O2/c1-27(2)19-9-17(10-20(19)27)37(12-23(38)24-21(30)7-15(29)8-22(24)31)26(39)18(11-35)25(28(32,33)34)36-16-4-3-13-5-14(13)6-16/h7-8,11,13-14,16-20,35H,3-6,9-10,12H2,1-2H3. The van der Waals surface area contributed by atoms with Crippen molar-refractivity contribution in [1.29, 1.82) is 5.41 Å². The molecule has 1 amide bonds. The Morgan fingerprint density at radius 1 is 1.08 bits per heavy atom. The van der Waals surface area contributed by atoms with Crippen molar-refractivity contribution in [3.8, 4) is 0 Å². The summed E-state index contributed by atoms with van der Waals surface area (Å²) in [6.45, 7) is 3.76. The summed E-state index contributed by atoms with van der Waals surface area (Å²) in [5, 5.41) is 8.10. The molecule has 39 heavy (non-hydrogen) atoms. The molecule has 0 heterocycles. The van der Waals surface area contributed by atoms with Gasteiger partial charge in [0.25, 0.3) is 0 Å². The second-order valence-corrected chi connectivity index (χ2v) is 13.4. The predicted octanol–water partition coefficient (Wildman–Crippen LogP) is 7.55. The third kappa shape index (κ3) is 5.62. The maximum atomic E-state index is 14.3. The summed E-state index contributed by atoms with van der Waals surface area (Å²) in [4.78, 5) is 32.6. The van der Waals surface area contributed by atoms with Gasteiger partial charge in [0.2, 0.25) is 5.91 Å². The van der Waals surface area contributed by atoms with Crippen LogP contribution >= 0.6 is 34.8 Å². The van der Waals surface area contributed by atoms with Crippen molar-refractivity contribution in [1.82, 2.24) is 4.90 Å². The Balaban J connectivity index is 1.45. The fraction of sp³-hybridized carbons (Fsp3) is 0.643. The van der Waals surface area contributed by atoms with Crippen LogP contribution in [-0.2, 0) is 4.79 Å². The molecule has 1 aromatic rings. The number of amides is 1. The molecule has 0 saturated heterocycles. The van der Waals surface area contributed by atoms with E-state index in [0.717, 1.165) is 12.8 Å². The van der Waals surface area contributed by atoms with Crippen LogP contribution in [0, 0.1) is 40.4 Å². The summed E-state index contributed by atoms with van der Waals surface area (Å²) < 4.78 is 43.0. The minimum Gasteiger partial charge on any atom is -0.331 e. The second-order valence-electron chi connectivity index (χ2n) is 12.2. The lowest BCUT2D eigenvalue weighted by Crippen LogP contribution is -2.50. The zero-order valence-electron chi connectivity index (χ0n) is 21.7. The topological polar surface area (TPSA) is 73.6 Å². The predicted molar refractivity (Wildman–Crippen MR) is 146 cm³/mol. The lowest BCUT2D eigenvalue weighted by atomic mass is 9.93. The molecule has 1 N–H and O–H groups in total. The zero-order valence-corrected chi connectivity index (χ0v) is 24.0. The number of fused-ring (bicyclic) bond motifs is 2. The van der Waals surface area contributed by atoms with Crippen LogP contribution < -0.4 is 0 Å². The molecular formula is C28H31Cl3F3N3O2. The quantitative estimate of drug-likeness (QED) is 0.246. The summed E-state index contributed by atoms with van der Waals surface area (Å²) in [6, 6.07) is 1.74. The fourth-order valence-corrected chi connectivity index (χ4v) is 8.10. The first-order chi connectivity index (χ1) is 18.2. The third-order valence-corrected chi connectivity index (χ3v) is 10.3. The zero-order chi connectivity index (χ0) is 28.4. The number of nitrogens with zero attached hydrogens (tertiary/aromatic N) is 2. The van der Waals surface area contributed by atoms with Crippen LogP contribution in [0.4, 0.5) is 13.2 Å². The molecule has 1 aromatic carbocycles. The summed E-state index contributed by atoms with van der Waals surface area (Å²) in [6.07, 6.45) is -0.269. The highest BCUT2D eigenvalue weighted by Crippen LogP contribution is 2.67. The Morgan fingerprint density at radius 3 is 2.23 bits per heavy atom. The molecule has 6 unspecified atom stereocenters. The Hall–Kier alpha value is -1.64. The number of halogens is 6. The van der Waals surface area contributed by atoms with E-state index in [-0.39, 0.29) is 26.0 Å². The second kappa shape index (κ2) is 10.3. The minimum absolute atomic E-state index is 0.00266. The first kappa shape index (κ1) is 28.9. The molecule has 11 heteroatoms. The number of benzene rings is 1. The van der Waals surface area contributed by atoms with Crippen LogP contribution in [0.5, 0.6) is 0 Å². The van der Waals surface area contributed by atoms with E-state index >= 15 is 0 Å². The van der Waals surface area contributed by atoms with E-state index in [4.69, 9.17) is 40.2 Å². The van der Waals surface area contributed by atoms with E-state index in [0.29, 0.717) is 55.6 Å². The summed E-state index contributed by atoms with van der Waals surface area (Å²) in [7, 11) is 0. The average molecular weight is 605 g/mol. The largest absolute Gasteiger partial charge is 0.430 e. The normalized spacial score (nSPS) is 31.6. The van der Waals surface area contributed by atoms with E-state index in [1.807, 2.05) is 0 Å². The lowest BCUT2D eigenvalue weighted by Gasteiger charge is -2.34. The number of hydrogen-bond donors (Lipinski definition) is 1. The molecule has 0 aromatic heterocycles. The van der Waals surface area contributed by atoms with Crippen molar-refractivity contribution < 1.29 is 22.8 Å². The van der Waals surface area contributed by atoms with Gasteiger partial charge in [0.1, 0.15) is 11.6 Å². The number of ketones is 1. The van der Waals surface area contributed by atoms with E-state index < -0.39 is 48.1 Å². The number of Topliss-reactive ketones (excluding diaryl/α,β-unsaturated/α-hetero) is 1. The number of nitrogens with one attached hydrogen (secondary N) is 1. The molecule has 4 aliphatic rings. The maximum Gasteiger partial charge on any atom is 0.430 e. The van der Waals surface area contributed by atoms with Crippen LogP contribution in [0.2, 0.25) is 15.1 Å². The van der Waals surface area contributed by atoms with Gasteiger partial charge in [-0.05, 0) is 79.7 Å². The van der Waals surface area contributed by atoms with Crippen molar-refractivity contribution in [2.75, 3.05) is 6.54 Å². The molecule has 0 radical (unpaired) electrons. The van der Waals surface area contributed by atoms with Gasteiger partial charge in [0, 0.05) is 17.3 Å². The molecule has 5 rings (SSSR count). The van der Waals surface area contributed by atoms with Crippen molar-refractivity contribution in [2.45, 2.75) is 70.6 Å². The Labute approximate surface area is 241 Å². The number of rotatable bonds is 8. The lowest BCUT2D eigenvalue weighted by molar-refractivity contribution is -0.135. The monoisotopic (exact) mass is 603 g/mol. The Morgan fingerprint density at radius 2 is 1.69 bits per heavy atom. The van der Waals surface area contributed by atoms with Crippen molar-refractivity contribution in [3.05, 3.63) is 32.8 Å². The Bertz CT molecular complexity index is 1200. The number of carbonyl (C=O) groups excluding carboxylic acids is 2. The summed E-state index contributed by atoms with van der Waals surface area (Å²) in [5.74, 6) is -1.87. The van der Waals surface area contributed by atoms with Crippen LogP contribution in [0.3, 0.4) is 0 Å². The number of alkyl halides is 3. The van der Waals surface area contributed by atoms with Gasteiger partial charge >= 0.3 is 6.18 Å². The van der Waals surface area contributed by atoms with Gasteiger partial charge in [-0.1, -0.05) is 48.7 Å². The molecule has 5 nitrogen and oxygen atoms in total. The minimum atomic E-state index is -4.89. The van der Waals surface area contributed by atoms with Crippen LogP contribution in [-0.4, -0.2) is 53.3 Å². The van der Waals surface area contributed by atoms with E-state index in [2.05, 4.69) is 18.8 Å². The highest BCUT2D eigenvalue weighted by Gasteiger charge is 2.63. The average Bonchev–Trinajstić information content (AvgIpc) is 3.62. The van der Waals surface area contributed by atoms with Gasteiger partial charge < -0.3 is 10.3 Å². The van der Waals surface area contributed by atoms with Gasteiger partial charge in [0.05, 0.1) is 28.2 Å². The molecule has 6 atom stereocenters. The van der Waals surface area contributed by atoms with E-state index in [1.54, 1.807) is 0 Å². The number of hydrogen-bond acceptors (Lipinski definition) is 4. The fourth-order valence-electron chi connectivity index (χ4n) is 7.08. The summed E-state index contributed by atoms with van der Waals surface area (Å²) >= 11 is 18.5. The number of carbonyl (C=O) groups is 2. The van der Waals surface area contributed by atoms with Crippen LogP contribution in [0.15, 0.2) is 17.1 Å². The molecule has 0 spiro atoms. The van der Waals surface area contributed by atoms with Crippen LogP contribution in [0.25, 0.3) is 0 Å². The van der Waals surface area contributed by atoms with Gasteiger partial charge in [0.15, 0.2) is 5.78 Å². The maximum absolute atomic E-state index is 14.3. The molecule has 212 valence electrons. The highest BCUT2D eigenvalue weighted by atomic mass is 35.5. The molecule has 4 saturated carbocycles. The van der Waals surface area contributed by atoms with Crippen molar-refractivity contribution in [2.24, 2.45) is 40.0 Å². The van der Waals surface area contributed by atoms with Crippen molar-refractivity contribution >= 4 is 58.4 Å². The van der Waals surface area contributed by atoms with E-state index in [1.165, 1.54) is 17.0 Å². The molecule has 4 fully saturated rings. The van der Waals surface area contributed by atoms with Gasteiger partial charge in [-0.15, -0.1) is 0 Å². The first-order valence-electron chi connectivity index (χ1n) is 13.4. The molecule has 4 aliphatic carbocycles. The highest BCUT2D eigenvalue weighted by molar-refractivity contribution is 6.42. The third-order valence-electron chi connectivity index (χ3n) is 9.52. The smallest absolute Gasteiger partial charge is 0.331 e. The number of aliphatic imine (C=N–C) groups is 1. The van der Waals surface area contributed by atoms with Gasteiger partial charge in [-0.25, -0.2) is 0 Å². The molecule has 0 bridgehead atoms. The summed E-state index contributed by atoms with van der Waals surface area (Å²) in [5.41, 5.74) is -1.20. The molecule has 0 aliphatic heterocycles. The van der Waals surface area contributed by atoms with E-state index in [9.17, 15) is 22.8 Å². The molecular weight excluding hydrogens is 574 g/mol. The first-order valence-corrected chi connectivity index (χ1v) is 14.5. The van der Waals surface area contributed by atoms with Crippen LogP contribution in [0.1, 0.15) is 62.7 Å². The SMILES string of the molecule is CC1(C)C2CC(N(CC(=O)c3c(Cl)cc(Cl)cc3Cl)C(=O)C(C=N)C(=NC3CCC4CC4C3)C(F)(F)F)CC21. The van der Waals surface area contributed by atoms with Crippen molar-refractivity contribution in [3.63, 3.8) is 0 Å². The van der Waals surface area contributed by atoms with Gasteiger partial charge in [-0.2, -0.15) is 13.2 Å². The Kier molecular flexibility index (Phi) is 7.64.